The number of hydrogen-bond acceptors (Lipinski definition) is 2. The van der Waals surface area contributed by atoms with Gasteiger partial charge in [-0.1, -0.05) is 26.0 Å². The monoisotopic (exact) mass is 243 g/mol. The molecular formula is C12H18ClNO2. The van der Waals surface area contributed by atoms with E-state index in [2.05, 4.69) is 0 Å². The van der Waals surface area contributed by atoms with Crippen LogP contribution in [0, 0.1) is 10.1 Å². The molecule has 0 aliphatic rings. The fraction of sp³-hybridized carbons (Fsp3) is 0.500. The molecule has 0 radical (unpaired) electrons. The van der Waals surface area contributed by atoms with Gasteiger partial charge in [0.15, 0.2) is 0 Å². The summed E-state index contributed by atoms with van der Waals surface area (Å²) in [5.41, 5.74) is 1.16. The predicted molar refractivity (Wildman–Crippen MR) is 68.1 cm³/mol. The number of nitro groups is 1. The molecule has 0 aliphatic carbocycles. The highest BCUT2D eigenvalue weighted by Gasteiger charge is 2.04. The summed E-state index contributed by atoms with van der Waals surface area (Å²) >= 11 is 5.54. The Labute approximate surface area is 102 Å². The lowest BCUT2D eigenvalue weighted by molar-refractivity contribution is -0.384. The highest BCUT2D eigenvalue weighted by Crippen LogP contribution is 2.14. The number of alkyl halides is 1. The van der Waals surface area contributed by atoms with Crippen LogP contribution in [0.1, 0.15) is 32.3 Å². The molecule has 1 aromatic rings. The van der Waals surface area contributed by atoms with Gasteiger partial charge in [-0.2, -0.15) is 0 Å². The zero-order valence-electron chi connectivity index (χ0n) is 9.78. The van der Waals surface area contributed by atoms with Crippen molar-refractivity contribution < 1.29 is 4.92 Å². The molecule has 0 spiro atoms. The fourth-order valence-electron chi connectivity index (χ4n) is 1.25. The molecule has 0 heterocycles. The van der Waals surface area contributed by atoms with Crippen LogP contribution in [0.5, 0.6) is 0 Å². The van der Waals surface area contributed by atoms with Crippen molar-refractivity contribution in [3.05, 3.63) is 39.9 Å². The molecular weight excluding hydrogens is 226 g/mol. The first-order valence-corrected chi connectivity index (χ1v) is 6.07. The van der Waals surface area contributed by atoms with Gasteiger partial charge in [-0.25, -0.2) is 0 Å². The largest absolute Gasteiger partial charge is 0.269 e. The zero-order chi connectivity index (χ0) is 12.4. The van der Waals surface area contributed by atoms with E-state index in [9.17, 15) is 10.1 Å². The van der Waals surface area contributed by atoms with Gasteiger partial charge in [-0.05, 0) is 24.8 Å². The second-order valence-electron chi connectivity index (χ2n) is 3.07. The standard InChI is InChI=1S/C10H12ClNO2.C2H6/c11-7-2-1-4-9-5-3-6-10(8-9)12(13)14;1-2/h3,5-6,8H,1-2,4,7H2;1-2H3. The van der Waals surface area contributed by atoms with Gasteiger partial charge < -0.3 is 0 Å². The Kier molecular flexibility index (Phi) is 8.53. The second kappa shape index (κ2) is 9.16. The summed E-state index contributed by atoms with van der Waals surface area (Å²) in [5, 5.41) is 10.5. The Morgan fingerprint density at radius 3 is 2.56 bits per heavy atom. The topological polar surface area (TPSA) is 43.1 Å². The third-order valence-electron chi connectivity index (χ3n) is 1.97. The normalized spacial score (nSPS) is 9.19. The van der Waals surface area contributed by atoms with E-state index in [0.29, 0.717) is 5.88 Å². The number of halogens is 1. The smallest absolute Gasteiger partial charge is 0.258 e. The van der Waals surface area contributed by atoms with Crippen molar-refractivity contribution in [2.75, 3.05) is 5.88 Å². The summed E-state index contributed by atoms with van der Waals surface area (Å²) in [6.07, 6.45) is 2.78. The van der Waals surface area contributed by atoms with Crippen LogP contribution in [0.15, 0.2) is 24.3 Å². The summed E-state index contributed by atoms with van der Waals surface area (Å²) in [6.45, 7) is 4.00. The summed E-state index contributed by atoms with van der Waals surface area (Å²) < 4.78 is 0. The van der Waals surface area contributed by atoms with Gasteiger partial charge in [0.2, 0.25) is 0 Å². The van der Waals surface area contributed by atoms with E-state index < -0.39 is 0 Å². The highest BCUT2D eigenvalue weighted by molar-refractivity contribution is 6.17. The van der Waals surface area contributed by atoms with Gasteiger partial charge in [0.05, 0.1) is 4.92 Å². The van der Waals surface area contributed by atoms with Gasteiger partial charge in [-0.15, -0.1) is 11.6 Å². The second-order valence-corrected chi connectivity index (χ2v) is 3.45. The Hall–Kier alpha value is -1.09. The first-order valence-electron chi connectivity index (χ1n) is 5.53. The van der Waals surface area contributed by atoms with E-state index in [4.69, 9.17) is 11.6 Å². The Morgan fingerprint density at radius 1 is 1.31 bits per heavy atom. The number of benzene rings is 1. The number of aryl methyl sites for hydroxylation is 1. The SMILES string of the molecule is CC.O=[N+]([O-])c1cccc(CCCCCl)c1. The van der Waals surface area contributed by atoms with Crippen LogP contribution in [0.25, 0.3) is 0 Å². The van der Waals surface area contributed by atoms with E-state index in [1.54, 1.807) is 12.1 Å². The van der Waals surface area contributed by atoms with Gasteiger partial charge in [0.1, 0.15) is 0 Å². The molecule has 16 heavy (non-hydrogen) atoms. The summed E-state index contributed by atoms with van der Waals surface area (Å²) in [7, 11) is 0. The van der Waals surface area contributed by atoms with E-state index in [0.717, 1.165) is 24.8 Å². The number of hydrogen-bond donors (Lipinski definition) is 0. The maximum Gasteiger partial charge on any atom is 0.269 e. The van der Waals surface area contributed by atoms with E-state index in [-0.39, 0.29) is 10.6 Å². The molecule has 1 aromatic carbocycles. The van der Waals surface area contributed by atoms with Crippen LogP contribution >= 0.6 is 11.6 Å². The maximum atomic E-state index is 10.5. The molecule has 90 valence electrons. The van der Waals surface area contributed by atoms with Gasteiger partial charge in [-0.3, -0.25) is 10.1 Å². The van der Waals surface area contributed by atoms with Crippen LogP contribution < -0.4 is 0 Å². The summed E-state index contributed by atoms with van der Waals surface area (Å²) in [4.78, 5) is 10.1. The first kappa shape index (κ1) is 14.9. The van der Waals surface area contributed by atoms with Crippen molar-refractivity contribution >= 4 is 17.3 Å². The van der Waals surface area contributed by atoms with E-state index >= 15 is 0 Å². The molecule has 3 nitrogen and oxygen atoms in total. The molecule has 0 atom stereocenters. The lowest BCUT2D eigenvalue weighted by atomic mass is 10.1. The predicted octanol–water partition coefficient (Wildman–Crippen LogP) is 4.18. The van der Waals surface area contributed by atoms with E-state index in [1.165, 1.54) is 6.07 Å². The van der Waals surface area contributed by atoms with Crippen LogP contribution in [0.3, 0.4) is 0 Å². The molecule has 0 bridgehead atoms. The maximum absolute atomic E-state index is 10.5. The fourth-order valence-corrected chi connectivity index (χ4v) is 1.44. The summed E-state index contributed by atoms with van der Waals surface area (Å²) in [6, 6.07) is 6.74. The van der Waals surface area contributed by atoms with Crippen molar-refractivity contribution in [1.82, 2.24) is 0 Å². The average Bonchev–Trinajstić information content (AvgIpc) is 2.32. The molecule has 0 aliphatic heterocycles. The third kappa shape index (κ3) is 5.71. The van der Waals surface area contributed by atoms with Gasteiger partial charge in [0, 0.05) is 18.0 Å². The average molecular weight is 244 g/mol. The van der Waals surface area contributed by atoms with Gasteiger partial charge in [0.25, 0.3) is 5.69 Å². The molecule has 0 fully saturated rings. The van der Waals surface area contributed by atoms with Crippen molar-refractivity contribution in [2.24, 2.45) is 0 Å². The quantitative estimate of drug-likeness (QED) is 0.337. The van der Waals surface area contributed by atoms with E-state index in [1.807, 2.05) is 19.9 Å². The molecule has 0 saturated heterocycles. The van der Waals surface area contributed by atoms with Crippen LogP contribution in [-0.4, -0.2) is 10.8 Å². The zero-order valence-corrected chi connectivity index (χ0v) is 10.5. The molecule has 0 amide bonds. The van der Waals surface area contributed by atoms with Crippen molar-refractivity contribution in [2.45, 2.75) is 33.1 Å². The minimum atomic E-state index is -0.370. The lowest BCUT2D eigenvalue weighted by Gasteiger charge is -1.99. The molecule has 0 saturated carbocycles. The number of non-ortho nitro benzene ring substituents is 1. The number of nitro benzene ring substituents is 1. The van der Waals surface area contributed by atoms with Crippen molar-refractivity contribution in [3.63, 3.8) is 0 Å². The molecule has 0 N–H and O–H groups in total. The molecule has 0 unspecified atom stereocenters. The number of nitrogens with zero attached hydrogens (tertiary/aromatic N) is 1. The lowest BCUT2D eigenvalue weighted by Crippen LogP contribution is -1.91. The minimum absolute atomic E-state index is 0.161. The Morgan fingerprint density at radius 2 is 2.00 bits per heavy atom. The van der Waals surface area contributed by atoms with Crippen molar-refractivity contribution in [3.8, 4) is 0 Å². The molecule has 0 aromatic heterocycles. The van der Waals surface area contributed by atoms with Crippen LogP contribution in [-0.2, 0) is 6.42 Å². The summed E-state index contributed by atoms with van der Waals surface area (Å²) in [5.74, 6) is 0.648. The molecule has 4 heteroatoms. The minimum Gasteiger partial charge on any atom is -0.258 e. The van der Waals surface area contributed by atoms with Gasteiger partial charge >= 0.3 is 0 Å². The number of rotatable bonds is 5. The Bertz CT molecular complexity index is 316. The first-order chi connectivity index (χ1) is 7.74. The highest BCUT2D eigenvalue weighted by atomic mass is 35.5. The molecule has 1 rings (SSSR count). The van der Waals surface area contributed by atoms with Crippen LogP contribution in [0.4, 0.5) is 5.69 Å². The number of unbranched alkanes of at least 4 members (excludes halogenated alkanes) is 1. The van der Waals surface area contributed by atoms with Crippen LogP contribution in [0.2, 0.25) is 0 Å². The third-order valence-corrected chi connectivity index (χ3v) is 2.24. The Balaban J connectivity index is 0.00000106. The van der Waals surface area contributed by atoms with Crippen molar-refractivity contribution in [1.29, 1.82) is 0 Å².